The molecule has 5 heteroatoms. The molecule has 1 fully saturated rings. The van der Waals surface area contributed by atoms with Gasteiger partial charge in [0.25, 0.3) is 5.91 Å². The molecule has 2 aromatic heterocycles. The van der Waals surface area contributed by atoms with E-state index in [0.29, 0.717) is 16.6 Å². The zero-order valence-electron chi connectivity index (χ0n) is 9.09. The first-order valence-corrected chi connectivity index (χ1v) is 6.38. The predicted molar refractivity (Wildman–Crippen MR) is 66.3 cm³/mol. The molecule has 0 atom stereocenters. The molecule has 2 heterocycles. The number of amides is 1. The van der Waals surface area contributed by atoms with Crippen molar-refractivity contribution >= 4 is 22.4 Å². The van der Waals surface area contributed by atoms with E-state index in [9.17, 15) is 4.79 Å². The van der Waals surface area contributed by atoms with Gasteiger partial charge in [-0.25, -0.2) is 4.98 Å². The summed E-state index contributed by atoms with van der Waals surface area (Å²) in [6.45, 7) is 0. The molecular formula is C12H11N3OS. The second-order valence-corrected chi connectivity index (χ2v) is 4.91. The summed E-state index contributed by atoms with van der Waals surface area (Å²) >= 11 is 1.48. The van der Waals surface area contributed by atoms with E-state index in [1.807, 2.05) is 5.38 Å². The van der Waals surface area contributed by atoms with Crippen LogP contribution in [0.3, 0.4) is 0 Å². The highest BCUT2D eigenvalue weighted by Crippen LogP contribution is 2.40. The molecule has 2 aromatic rings. The van der Waals surface area contributed by atoms with Crippen molar-refractivity contribution < 1.29 is 4.79 Å². The fraction of sp³-hybridized carbons (Fsp3) is 0.250. The lowest BCUT2D eigenvalue weighted by Crippen LogP contribution is -2.11. The highest BCUT2D eigenvalue weighted by Gasteiger charge is 2.26. The number of rotatable bonds is 3. The topological polar surface area (TPSA) is 54.9 Å². The van der Waals surface area contributed by atoms with Gasteiger partial charge < -0.3 is 0 Å². The summed E-state index contributed by atoms with van der Waals surface area (Å²) in [6, 6.07) is 3.48. The molecule has 0 spiro atoms. The third-order valence-electron chi connectivity index (χ3n) is 2.66. The Kier molecular flexibility index (Phi) is 2.60. The number of hydrogen-bond donors (Lipinski definition) is 1. The lowest BCUT2D eigenvalue weighted by atomic mass is 10.3. The Morgan fingerprint density at radius 2 is 2.35 bits per heavy atom. The van der Waals surface area contributed by atoms with Gasteiger partial charge in [-0.15, -0.1) is 11.3 Å². The van der Waals surface area contributed by atoms with Gasteiger partial charge in [-0.2, -0.15) is 0 Å². The standard InChI is InChI=1S/C12H11N3OS/c16-11(9-2-1-5-13-6-9)15-12-14-10(7-17-12)8-3-4-8/h1-2,5-8H,3-4H2,(H,14,15,16). The van der Waals surface area contributed by atoms with E-state index in [-0.39, 0.29) is 5.91 Å². The van der Waals surface area contributed by atoms with Crippen LogP contribution in [-0.4, -0.2) is 15.9 Å². The minimum atomic E-state index is -0.158. The van der Waals surface area contributed by atoms with E-state index in [2.05, 4.69) is 15.3 Å². The van der Waals surface area contributed by atoms with Gasteiger partial charge in [-0.05, 0) is 25.0 Å². The van der Waals surface area contributed by atoms with Crippen molar-refractivity contribution in [3.8, 4) is 0 Å². The van der Waals surface area contributed by atoms with Crippen molar-refractivity contribution in [1.82, 2.24) is 9.97 Å². The molecule has 17 heavy (non-hydrogen) atoms. The van der Waals surface area contributed by atoms with E-state index in [4.69, 9.17) is 0 Å². The van der Waals surface area contributed by atoms with Crippen molar-refractivity contribution in [2.24, 2.45) is 0 Å². The quantitative estimate of drug-likeness (QED) is 0.904. The Hall–Kier alpha value is -1.75. The van der Waals surface area contributed by atoms with Crippen LogP contribution < -0.4 is 5.32 Å². The minimum absolute atomic E-state index is 0.158. The van der Waals surface area contributed by atoms with Crippen LogP contribution in [0.2, 0.25) is 0 Å². The van der Waals surface area contributed by atoms with Gasteiger partial charge >= 0.3 is 0 Å². The highest BCUT2D eigenvalue weighted by atomic mass is 32.1. The number of nitrogens with one attached hydrogen (secondary N) is 1. The monoisotopic (exact) mass is 245 g/mol. The maximum absolute atomic E-state index is 11.8. The maximum Gasteiger partial charge on any atom is 0.259 e. The van der Waals surface area contributed by atoms with E-state index >= 15 is 0 Å². The van der Waals surface area contributed by atoms with Crippen molar-refractivity contribution in [3.05, 3.63) is 41.2 Å². The largest absolute Gasteiger partial charge is 0.298 e. The normalized spacial score (nSPS) is 14.6. The second-order valence-electron chi connectivity index (χ2n) is 4.05. The Labute approximate surface area is 103 Å². The number of thiazole rings is 1. The van der Waals surface area contributed by atoms with Crippen LogP contribution >= 0.6 is 11.3 Å². The van der Waals surface area contributed by atoms with Crippen LogP contribution in [0.25, 0.3) is 0 Å². The van der Waals surface area contributed by atoms with Crippen LogP contribution in [0.5, 0.6) is 0 Å². The number of hydrogen-bond acceptors (Lipinski definition) is 4. The maximum atomic E-state index is 11.8. The van der Waals surface area contributed by atoms with Crippen LogP contribution in [0.1, 0.15) is 34.8 Å². The number of anilines is 1. The van der Waals surface area contributed by atoms with Crippen LogP contribution in [-0.2, 0) is 0 Å². The predicted octanol–water partition coefficient (Wildman–Crippen LogP) is 2.67. The summed E-state index contributed by atoms with van der Waals surface area (Å²) in [5.41, 5.74) is 1.66. The first kappa shape index (κ1) is 10.4. The molecule has 0 unspecified atom stereocenters. The average Bonchev–Trinajstić information content (AvgIpc) is 3.12. The molecule has 0 aliphatic heterocycles. The minimum Gasteiger partial charge on any atom is -0.298 e. The highest BCUT2D eigenvalue weighted by molar-refractivity contribution is 7.14. The first-order chi connectivity index (χ1) is 8.33. The van der Waals surface area contributed by atoms with Crippen LogP contribution in [0.15, 0.2) is 29.9 Å². The fourth-order valence-corrected chi connectivity index (χ4v) is 2.36. The van der Waals surface area contributed by atoms with Crippen molar-refractivity contribution in [2.75, 3.05) is 5.32 Å². The first-order valence-electron chi connectivity index (χ1n) is 5.50. The summed E-state index contributed by atoms with van der Waals surface area (Å²) in [4.78, 5) is 20.1. The summed E-state index contributed by atoms with van der Waals surface area (Å²) in [7, 11) is 0. The molecular weight excluding hydrogens is 234 g/mol. The lowest BCUT2D eigenvalue weighted by Gasteiger charge is -2.00. The summed E-state index contributed by atoms with van der Waals surface area (Å²) in [6.07, 6.45) is 5.63. The molecule has 0 saturated heterocycles. The van der Waals surface area contributed by atoms with Gasteiger partial charge in [0.1, 0.15) is 0 Å². The van der Waals surface area contributed by atoms with E-state index in [1.54, 1.807) is 24.5 Å². The number of carbonyl (C=O) groups excluding carboxylic acids is 1. The zero-order valence-corrected chi connectivity index (χ0v) is 9.91. The summed E-state index contributed by atoms with van der Waals surface area (Å²) in [5, 5.41) is 5.48. The molecule has 86 valence electrons. The summed E-state index contributed by atoms with van der Waals surface area (Å²) < 4.78 is 0. The van der Waals surface area contributed by atoms with Crippen LogP contribution in [0, 0.1) is 0 Å². The van der Waals surface area contributed by atoms with Gasteiger partial charge in [-0.3, -0.25) is 15.1 Å². The average molecular weight is 245 g/mol. The molecule has 1 saturated carbocycles. The van der Waals surface area contributed by atoms with E-state index in [0.717, 1.165) is 5.69 Å². The third kappa shape index (κ3) is 2.34. The smallest absolute Gasteiger partial charge is 0.259 e. The Balaban J connectivity index is 1.71. The molecule has 3 rings (SSSR count). The van der Waals surface area contributed by atoms with Crippen molar-refractivity contribution in [2.45, 2.75) is 18.8 Å². The van der Waals surface area contributed by atoms with Gasteiger partial charge in [0.2, 0.25) is 0 Å². The Morgan fingerprint density at radius 3 is 3.06 bits per heavy atom. The van der Waals surface area contributed by atoms with Gasteiger partial charge in [0.05, 0.1) is 11.3 Å². The van der Waals surface area contributed by atoms with E-state index < -0.39 is 0 Å². The van der Waals surface area contributed by atoms with Gasteiger partial charge in [-0.1, -0.05) is 0 Å². The Bertz CT molecular complexity index is 534. The molecule has 1 aliphatic rings. The van der Waals surface area contributed by atoms with Gasteiger partial charge in [0.15, 0.2) is 5.13 Å². The second kappa shape index (κ2) is 4.25. The molecule has 0 aromatic carbocycles. The van der Waals surface area contributed by atoms with Crippen LogP contribution in [0.4, 0.5) is 5.13 Å². The molecule has 1 aliphatic carbocycles. The number of nitrogens with zero attached hydrogens (tertiary/aromatic N) is 2. The third-order valence-corrected chi connectivity index (χ3v) is 3.44. The fourth-order valence-electron chi connectivity index (χ4n) is 1.58. The Morgan fingerprint density at radius 1 is 1.47 bits per heavy atom. The lowest BCUT2D eigenvalue weighted by molar-refractivity contribution is 0.102. The molecule has 0 bridgehead atoms. The summed E-state index contributed by atoms with van der Waals surface area (Å²) in [5.74, 6) is 0.463. The van der Waals surface area contributed by atoms with Crippen molar-refractivity contribution in [3.63, 3.8) is 0 Å². The van der Waals surface area contributed by atoms with Gasteiger partial charge in [0, 0.05) is 23.7 Å². The SMILES string of the molecule is O=C(Nc1nc(C2CC2)cs1)c1cccnc1. The molecule has 4 nitrogen and oxygen atoms in total. The number of aromatic nitrogens is 2. The number of pyridine rings is 1. The molecule has 1 N–H and O–H groups in total. The number of carbonyl (C=O) groups is 1. The molecule has 1 amide bonds. The van der Waals surface area contributed by atoms with Crippen molar-refractivity contribution in [1.29, 1.82) is 0 Å². The molecule has 0 radical (unpaired) electrons. The zero-order chi connectivity index (χ0) is 11.7. The van der Waals surface area contributed by atoms with E-state index in [1.165, 1.54) is 24.2 Å².